The molecule has 1 aromatic carbocycles. The van der Waals surface area contributed by atoms with E-state index in [-0.39, 0.29) is 41.4 Å². The molecular formula is C22H25FN2O5. The van der Waals surface area contributed by atoms with E-state index in [4.69, 9.17) is 4.74 Å². The minimum Gasteiger partial charge on any atom is -0.454 e. The van der Waals surface area contributed by atoms with Crippen molar-refractivity contribution in [3.05, 3.63) is 30.1 Å². The van der Waals surface area contributed by atoms with Crippen LogP contribution in [0.2, 0.25) is 0 Å². The number of likely N-dealkylation sites (tertiary alicyclic amines) is 1. The quantitative estimate of drug-likeness (QED) is 0.568. The molecule has 1 saturated heterocycles. The molecule has 8 heteroatoms. The first-order valence-corrected chi connectivity index (χ1v) is 10.4. The van der Waals surface area contributed by atoms with E-state index in [1.165, 1.54) is 24.3 Å². The van der Waals surface area contributed by atoms with Crippen LogP contribution in [0.3, 0.4) is 0 Å². The fraction of sp³-hybridized carbons (Fsp3) is 0.545. The molecule has 1 aromatic rings. The van der Waals surface area contributed by atoms with Crippen LogP contribution in [0, 0.1) is 35.4 Å². The maximum absolute atomic E-state index is 13.0. The van der Waals surface area contributed by atoms with Gasteiger partial charge in [0.05, 0.1) is 11.8 Å². The van der Waals surface area contributed by atoms with Crippen LogP contribution in [0.1, 0.15) is 33.1 Å². The number of hydrogen-bond acceptors (Lipinski definition) is 5. The molecule has 3 aliphatic rings. The van der Waals surface area contributed by atoms with Crippen LogP contribution in [-0.4, -0.2) is 41.2 Å². The lowest BCUT2D eigenvalue weighted by atomic mass is 9.81. The lowest BCUT2D eigenvalue weighted by molar-refractivity contribution is -0.162. The van der Waals surface area contributed by atoms with Crippen LogP contribution in [0.5, 0.6) is 0 Å². The van der Waals surface area contributed by atoms with Gasteiger partial charge in [0.15, 0.2) is 6.61 Å². The summed E-state index contributed by atoms with van der Waals surface area (Å²) in [5, 5.41) is 2.50. The summed E-state index contributed by atoms with van der Waals surface area (Å²) in [5.74, 6) is -2.86. The summed E-state index contributed by atoms with van der Waals surface area (Å²) in [6.07, 6.45) is 2.83. The smallest absolute Gasteiger partial charge is 0.330 e. The van der Waals surface area contributed by atoms with Crippen LogP contribution in [0.4, 0.5) is 10.1 Å². The average molecular weight is 416 g/mol. The third-order valence-corrected chi connectivity index (χ3v) is 6.59. The maximum atomic E-state index is 13.0. The molecule has 4 rings (SSSR count). The molecule has 2 saturated carbocycles. The second-order valence-electron chi connectivity index (χ2n) is 8.78. The van der Waals surface area contributed by atoms with E-state index in [1.807, 2.05) is 0 Å². The fourth-order valence-corrected chi connectivity index (χ4v) is 5.33. The van der Waals surface area contributed by atoms with E-state index >= 15 is 0 Å². The zero-order valence-corrected chi connectivity index (χ0v) is 17.0. The van der Waals surface area contributed by atoms with Gasteiger partial charge in [-0.3, -0.25) is 19.3 Å². The first kappa shape index (κ1) is 20.5. The third kappa shape index (κ3) is 3.48. The standard InChI is InChI=1S/C22H25FN2O5/c1-11(2)19(22(29)30-10-16(26)24-15-7-5-14(23)6-8-15)25-20(27)17-12-3-4-13(9-12)18(17)21(25)28/h5-8,11-13,17-19H,3-4,9-10H2,1-2H3,(H,24,26)/t12-,13-,17+,18+,19-/m1/s1. The van der Waals surface area contributed by atoms with Crippen LogP contribution >= 0.6 is 0 Å². The zero-order valence-electron chi connectivity index (χ0n) is 17.0. The highest BCUT2D eigenvalue weighted by Crippen LogP contribution is 2.56. The fourth-order valence-electron chi connectivity index (χ4n) is 5.33. The number of halogens is 1. The Kier molecular flexibility index (Phi) is 5.34. The van der Waals surface area contributed by atoms with Crippen molar-refractivity contribution >= 4 is 29.4 Å². The average Bonchev–Trinajstić information content (AvgIpc) is 3.38. The Morgan fingerprint density at radius 3 is 2.20 bits per heavy atom. The van der Waals surface area contributed by atoms with Crippen molar-refractivity contribution in [1.29, 1.82) is 0 Å². The van der Waals surface area contributed by atoms with Crippen LogP contribution in [0.25, 0.3) is 0 Å². The minimum atomic E-state index is -1.05. The van der Waals surface area contributed by atoms with Gasteiger partial charge in [0.25, 0.3) is 5.91 Å². The predicted molar refractivity (Wildman–Crippen MR) is 104 cm³/mol. The highest BCUT2D eigenvalue weighted by atomic mass is 19.1. The molecule has 0 aromatic heterocycles. The summed E-state index contributed by atoms with van der Waals surface area (Å²) < 4.78 is 18.1. The van der Waals surface area contributed by atoms with Crippen molar-refractivity contribution in [2.75, 3.05) is 11.9 Å². The molecule has 0 unspecified atom stereocenters. The SMILES string of the molecule is CC(C)[C@H](C(=O)OCC(=O)Nc1ccc(F)cc1)N1C(=O)[C@H]2[C@@H]3CC[C@H](C3)[C@@H]2C1=O. The molecule has 0 spiro atoms. The Morgan fingerprint density at radius 2 is 1.67 bits per heavy atom. The highest BCUT2D eigenvalue weighted by Gasteiger charge is 2.62. The number of rotatable bonds is 6. The predicted octanol–water partition coefficient (Wildman–Crippen LogP) is 2.36. The van der Waals surface area contributed by atoms with Gasteiger partial charge in [-0.25, -0.2) is 9.18 Å². The van der Waals surface area contributed by atoms with Crippen molar-refractivity contribution in [3.8, 4) is 0 Å². The van der Waals surface area contributed by atoms with Crippen LogP contribution < -0.4 is 5.32 Å². The van der Waals surface area contributed by atoms with Gasteiger partial charge in [-0.1, -0.05) is 13.8 Å². The first-order valence-electron chi connectivity index (χ1n) is 10.4. The van der Waals surface area contributed by atoms with Crippen molar-refractivity contribution in [1.82, 2.24) is 4.90 Å². The monoisotopic (exact) mass is 416 g/mol. The van der Waals surface area contributed by atoms with Crippen LogP contribution in [-0.2, 0) is 23.9 Å². The Bertz CT molecular complexity index is 856. The van der Waals surface area contributed by atoms with Crippen LogP contribution in [0.15, 0.2) is 24.3 Å². The Labute approximate surface area is 173 Å². The molecule has 5 atom stereocenters. The van der Waals surface area contributed by atoms with Crippen molar-refractivity contribution < 1.29 is 28.3 Å². The molecule has 30 heavy (non-hydrogen) atoms. The summed E-state index contributed by atoms with van der Waals surface area (Å²) in [6, 6.07) is 4.13. The lowest BCUT2D eigenvalue weighted by Gasteiger charge is -2.28. The van der Waals surface area contributed by atoms with Crippen molar-refractivity contribution in [2.24, 2.45) is 29.6 Å². The van der Waals surface area contributed by atoms with E-state index in [0.29, 0.717) is 5.69 Å². The van der Waals surface area contributed by atoms with E-state index in [0.717, 1.165) is 24.2 Å². The molecule has 2 aliphatic carbocycles. The summed E-state index contributed by atoms with van der Waals surface area (Å²) in [6.45, 7) is 2.93. The van der Waals surface area contributed by atoms with Gasteiger partial charge >= 0.3 is 5.97 Å². The van der Waals surface area contributed by atoms with Crippen molar-refractivity contribution in [3.63, 3.8) is 0 Å². The topological polar surface area (TPSA) is 92.8 Å². The Hall–Kier alpha value is -2.77. The van der Waals surface area contributed by atoms with Gasteiger partial charge in [-0.15, -0.1) is 0 Å². The zero-order chi connectivity index (χ0) is 21.6. The molecular weight excluding hydrogens is 391 g/mol. The molecule has 0 radical (unpaired) electrons. The van der Waals surface area contributed by atoms with E-state index in [1.54, 1.807) is 13.8 Å². The normalized spacial score (nSPS) is 28.1. The van der Waals surface area contributed by atoms with Gasteiger partial charge < -0.3 is 10.1 Å². The number of nitrogens with one attached hydrogen (secondary N) is 1. The molecule has 7 nitrogen and oxygen atoms in total. The molecule has 1 heterocycles. The molecule has 2 bridgehead atoms. The summed E-state index contributed by atoms with van der Waals surface area (Å²) in [5.41, 5.74) is 0.367. The van der Waals surface area contributed by atoms with E-state index in [2.05, 4.69) is 5.32 Å². The lowest BCUT2D eigenvalue weighted by Crippen LogP contribution is -2.50. The van der Waals surface area contributed by atoms with Gasteiger partial charge in [-0.05, 0) is 61.3 Å². The van der Waals surface area contributed by atoms with Gasteiger partial charge in [0.1, 0.15) is 11.9 Å². The minimum absolute atomic E-state index is 0.228. The Balaban J connectivity index is 1.41. The number of imide groups is 1. The third-order valence-electron chi connectivity index (χ3n) is 6.59. The number of anilines is 1. The number of esters is 1. The largest absolute Gasteiger partial charge is 0.454 e. The number of ether oxygens (including phenoxy) is 1. The maximum Gasteiger partial charge on any atom is 0.330 e. The molecule has 1 N–H and O–H groups in total. The van der Waals surface area contributed by atoms with E-state index in [9.17, 15) is 23.6 Å². The summed E-state index contributed by atoms with van der Waals surface area (Å²) >= 11 is 0. The molecule has 3 fully saturated rings. The molecule has 160 valence electrons. The summed E-state index contributed by atoms with van der Waals surface area (Å²) in [7, 11) is 0. The molecule has 3 amide bonds. The first-order chi connectivity index (χ1) is 14.3. The number of benzene rings is 1. The second kappa shape index (κ2) is 7.81. The van der Waals surface area contributed by atoms with Gasteiger partial charge in [-0.2, -0.15) is 0 Å². The Morgan fingerprint density at radius 1 is 1.10 bits per heavy atom. The van der Waals surface area contributed by atoms with Gasteiger partial charge in [0.2, 0.25) is 11.8 Å². The number of hydrogen-bond donors (Lipinski definition) is 1. The number of nitrogens with zero attached hydrogens (tertiary/aromatic N) is 1. The van der Waals surface area contributed by atoms with Crippen molar-refractivity contribution in [2.45, 2.75) is 39.2 Å². The van der Waals surface area contributed by atoms with Gasteiger partial charge in [0, 0.05) is 5.69 Å². The number of carbonyl (C=O) groups is 4. The number of carbonyl (C=O) groups excluding carboxylic acids is 4. The number of fused-ring (bicyclic) bond motifs is 5. The highest BCUT2D eigenvalue weighted by molar-refractivity contribution is 6.08. The second-order valence-corrected chi connectivity index (χ2v) is 8.78. The summed E-state index contributed by atoms with van der Waals surface area (Å²) in [4.78, 5) is 52.0. The van der Waals surface area contributed by atoms with E-state index < -0.39 is 30.3 Å². The molecule has 1 aliphatic heterocycles. The number of amides is 3.